The number of halogens is 2. The molecule has 1 N–H and O–H groups in total. The van der Waals surface area contributed by atoms with E-state index >= 15 is 0 Å². The number of carbonyl (C=O) groups excluding carboxylic acids is 1. The van der Waals surface area contributed by atoms with E-state index < -0.39 is 0 Å². The molecule has 19 heavy (non-hydrogen) atoms. The predicted octanol–water partition coefficient (Wildman–Crippen LogP) is 4.87. The first-order valence-corrected chi connectivity index (χ1v) is 7.83. The average molecular weight is 430 g/mol. The van der Waals surface area contributed by atoms with Gasteiger partial charge in [-0.15, -0.1) is 0 Å². The highest BCUT2D eigenvalue weighted by Gasteiger charge is 2.11. The summed E-state index contributed by atoms with van der Waals surface area (Å²) >= 11 is 5.70. The summed E-state index contributed by atoms with van der Waals surface area (Å²) in [6.07, 6.45) is 0.845. The number of aryl methyl sites for hydroxylation is 1. The molecule has 0 aliphatic rings. The summed E-state index contributed by atoms with van der Waals surface area (Å²) < 4.78 is 2.01. The molecule has 0 aliphatic carbocycles. The number of benzene rings is 2. The molecule has 0 radical (unpaired) electrons. The summed E-state index contributed by atoms with van der Waals surface area (Å²) in [5, 5.41) is 2.94. The second-order valence-electron chi connectivity index (χ2n) is 4.09. The van der Waals surface area contributed by atoms with Gasteiger partial charge in [-0.05, 0) is 74.8 Å². The van der Waals surface area contributed by atoms with Gasteiger partial charge < -0.3 is 5.32 Å². The van der Waals surface area contributed by atoms with Crippen molar-refractivity contribution in [3.8, 4) is 0 Å². The highest BCUT2D eigenvalue weighted by molar-refractivity contribution is 14.1. The summed E-state index contributed by atoms with van der Waals surface area (Å²) in [5.74, 6) is -0.0700. The Balaban J connectivity index is 2.26. The first-order valence-electron chi connectivity index (χ1n) is 5.96. The summed E-state index contributed by atoms with van der Waals surface area (Å²) in [6, 6.07) is 13.5. The number of rotatable bonds is 3. The molecule has 0 saturated heterocycles. The smallest absolute Gasteiger partial charge is 0.255 e. The minimum absolute atomic E-state index is 0.0700. The Morgan fingerprint density at radius 3 is 2.68 bits per heavy atom. The maximum absolute atomic E-state index is 12.3. The normalized spacial score (nSPS) is 10.3. The number of hydrogen-bond donors (Lipinski definition) is 1. The molecule has 0 bridgehead atoms. The lowest BCUT2D eigenvalue weighted by Gasteiger charge is -2.10. The fraction of sp³-hybridized carbons (Fsp3) is 0.133. The molecule has 2 nitrogen and oxygen atoms in total. The van der Waals surface area contributed by atoms with Crippen molar-refractivity contribution in [2.75, 3.05) is 5.32 Å². The van der Waals surface area contributed by atoms with Gasteiger partial charge in [0.15, 0.2) is 0 Å². The van der Waals surface area contributed by atoms with Crippen molar-refractivity contribution < 1.29 is 4.79 Å². The van der Waals surface area contributed by atoms with Gasteiger partial charge in [0, 0.05) is 13.6 Å². The van der Waals surface area contributed by atoms with E-state index in [1.165, 1.54) is 0 Å². The fourth-order valence-corrected chi connectivity index (χ4v) is 3.23. The van der Waals surface area contributed by atoms with Crippen LogP contribution in [-0.2, 0) is 6.42 Å². The average Bonchev–Trinajstić information content (AvgIpc) is 2.41. The first-order chi connectivity index (χ1) is 9.11. The van der Waals surface area contributed by atoms with Crippen molar-refractivity contribution in [3.05, 3.63) is 61.6 Å². The molecule has 0 fully saturated rings. The molecule has 1 amide bonds. The number of amides is 1. The lowest BCUT2D eigenvalue weighted by molar-refractivity contribution is 0.102. The minimum Gasteiger partial charge on any atom is -0.321 e. The monoisotopic (exact) mass is 429 g/mol. The van der Waals surface area contributed by atoms with E-state index in [1.54, 1.807) is 0 Å². The third-order valence-corrected chi connectivity index (χ3v) is 4.15. The standard InChI is InChI=1S/C15H13BrINO/c1-2-10-5-3-4-6-12(10)15(19)18-14-8-7-11(17)9-13(14)16/h3-9H,2H2,1H3,(H,18,19). The van der Waals surface area contributed by atoms with Crippen molar-refractivity contribution in [1.29, 1.82) is 0 Å². The molecule has 2 rings (SSSR count). The van der Waals surface area contributed by atoms with Gasteiger partial charge in [-0.2, -0.15) is 0 Å². The van der Waals surface area contributed by atoms with E-state index in [-0.39, 0.29) is 5.91 Å². The molecule has 4 heteroatoms. The first kappa shape index (κ1) is 14.5. The van der Waals surface area contributed by atoms with Crippen LogP contribution in [0.15, 0.2) is 46.9 Å². The minimum atomic E-state index is -0.0700. The summed E-state index contributed by atoms with van der Waals surface area (Å²) in [5.41, 5.74) is 2.58. The van der Waals surface area contributed by atoms with Gasteiger partial charge in [0.05, 0.1) is 5.69 Å². The molecule has 0 unspecified atom stereocenters. The van der Waals surface area contributed by atoms with Crippen LogP contribution in [0.25, 0.3) is 0 Å². The Bertz CT molecular complexity index is 613. The van der Waals surface area contributed by atoms with Crippen LogP contribution in [0.1, 0.15) is 22.8 Å². The second-order valence-corrected chi connectivity index (χ2v) is 6.19. The molecule has 0 aliphatic heterocycles. The van der Waals surface area contributed by atoms with Crippen LogP contribution in [-0.4, -0.2) is 5.91 Å². The van der Waals surface area contributed by atoms with Crippen molar-refractivity contribution in [2.24, 2.45) is 0 Å². The van der Waals surface area contributed by atoms with Crippen molar-refractivity contribution in [3.63, 3.8) is 0 Å². The SMILES string of the molecule is CCc1ccccc1C(=O)Nc1ccc(I)cc1Br. The van der Waals surface area contributed by atoms with Crippen LogP contribution in [0.3, 0.4) is 0 Å². The zero-order valence-electron chi connectivity index (χ0n) is 10.4. The Morgan fingerprint density at radius 1 is 1.26 bits per heavy atom. The van der Waals surface area contributed by atoms with Gasteiger partial charge >= 0.3 is 0 Å². The largest absolute Gasteiger partial charge is 0.321 e. The van der Waals surface area contributed by atoms with Crippen molar-refractivity contribution >= 4 is 50.1 Å². The highest BCUT2D eigenvalue weighted by Crippen LogP contribution is 2.25. The molecule has 0 heterocycles. The van der Waals surface area contributed by atoms with Crippen molar-refractivity contribution in [2.45, 2.75) is 13.3 Å². The Hall–Kier alpha value is -0.880. The lowest BCUT2D eigenvalue weighted by Crippen LogP contribution is -2.14. The van der Waals surface area contributed by atoms with Crippen LogP contribution in [0.2, 0.25) is 0 Å². The van der Waals surface area contributed by atoms with Crippen LogP contribution >= 0.6 is 38.5 Å². The molecule has 0 aromatic heterocycles. The number of anilines is 1. The fourth-order valence-electron chi connectivity index (χ4n) is 1.83. The van der Waals surface area contributed by atoms with Crippen molar-refractivity contribution in [1.82, 2.24) is 0 Å². The zero-order valence-corrected chi connectivity index (χ0v) is 14.2. The summed E-state index contributed by atoms with van der Waals surface area (Å²) in [4.78, 5) is 12.3. The van der Waals surface area contributed by atoms with Gasteiger partial charge in [-0.3, -0.25) is 4.79 Å². The van der Waals surface area contributed by atoms with Crippen LogP contribution in [0.4, 0.5) is 5.69 Å². The molecule has 98 valence electrons. The Kier molecular flexibility index (Phi) is 4.99. The van der Waals surface area contributed by atoms with Gasteiger partial charge in [0.1, 0.15) is 0 Å². The number of nitrogens with one attached hydrogen (secondary N) is 1. The van der Waals surface area contributed by atoms with Gasteiger partial charge in [-0.1, -0.05) is 25.1 Å². The lowest BCUT2D eigenvalue weighted by atomic mass is 10.0. The van der Waals surface area contributed by atoms with Gasteiger partial charge in [0.25, 0.3) is 5.91 Å². The van der Waals surface area contributed by atoms with E-state index in [1.807, 2.05) is 49.4 Å². The maximum atomic E-state index is 12.3. The molecule has 0 saturated carbocycles. The predicted molar refractivity (Wildman–Crippen MR) is 90.6 cm³/mol. The third kappa shape index (κ3) is 3.57. The molecular formula is C15H13BrINO. The van der Waals surface area contributed by atoms with Crippen LogP contribution in [0, 0.1) is 3.57 Å². The highest BCUT2D eigenvalue weighted by atomic mass is 127. The Morgan fingerprint density at radius 2 is 2.00 bits per heavy atom. The van der Waals surface area contributed by atoms with E-state index in [2.05, 4.69) is 43.8 Å². The second kappa shape index (κ2) is 6.52. The molecule has 0 spiro atoms. The van der Waals surface area contributed by atoms with E-state index in [9.17, 15) is 4.79 Å². The van der Waals surface area contributed by atoms with Crippen LogP contribution in [0.5, 0.6) is 0 Å². The van der Waals surface area contributed by atoms with Gasteiger partial charge in [-0.25, -0.2) is 0 Å². The van der Waals surface area contributed by atoms with Gasteiger partial charge in [0.2, 0.25) is 0 Å². The van der Waals surface area contributed by atoms with E-state index in [0.717, 1.165) is 31.3 Å². The summed E-state index contributed by atoms with van der Waals surface area (Å²) in [7, 11) is 0. The summed E-state index contributed by atoms with van der Waals surface area (Å²) in [6.45, 7) is 2.05. The van der Waals surface area contributed by atoms with E-state index in [4.69, 9.17) is 0 Å². The van der Waals surface area contributed by atoms with Crippen LogP contribution < -0.4 is 5.32 Å². The number of carbonyl (C=O) groups is 1. The number of hydrogen-bond acceptors (Lipinski definition) is 1. The topological polar surface area (TPSA) is 29.1 Å². The maximum Gasteiger partial charge on any atom is 0.255 e. The zero-order chi connectivity index (χ0) is 13.8. The molecule has 0 atom stereocenters. The molecule has 2 aromatic carbocycles. The van der Waals surface area contributed by atoms with E-state index in [0.29, 0.717) is 0 Å². The molecular weight excluding hydrogens is 417 g/mol. The molecule has 2 aromatic rings. The Labute approximate surface area is 134 Å². The quantitative estimate of drug-likeness (QED) is 0.693. The third-order valence-electron chi connectivity index (χ3n) is 2.82.